The minimum Gasteiger partial charge on any atom is -0.492 e. The van der Waals surface area contributed by atoms with Crippen LogP contribution < -0.4 is 15.8 Å². The first-order valence-electron chi connectivity index (χ1n) is 16.8. The summed E-state index contributed by atoms with van der Waals surface area (Å²) in [6.07, 6.45) is 7.82. The molecule has 3 aromatic carbocycles. The summed E-state index contributed by atoms with van der Waals surface area (Å²) in [6.45, 7) is 9.00. The van der Waals surface area contributed by atoms with Gasteiger partial charge >= 0.3 is 0 Å². The molecule has 1 heterocycles. The molecule has 0 bridgehead atoms. The average Bonchev–Trinajstić information content (AvgIpc) is 3.07. The fourth-order valence-corrected chi connectivity index (χ4v) is 8.08. The quantitative estimate of drug-likeness (QED) is 0.247. The minimum atomic E-state index is -3.72. The van der Waals surface area contributed by atoms with Gasteiger partial charge < -0.3 is 15.8 Å². The van der Waals surface area contributed by atoms with E-state index in [1.165, 1.54) is 32.1 Å². The normalized spacial score (nSPS) is 18.2. The summed E-state index contributed by atoms with van der Waals surface area (Å²) in [5.41, 5.74) is 9.07. The van der Waals surface area contributed by atoms with E-state index in [-0.39, 0.29) is 40.8 Å². The van der Waals surface area contributed by atoms with Crippen molar-refractivity contribution < 1.29 is 17.9 Å². The second-order valence-electron chi connectivity index (χ2n) is 13.0. The molecule has 1 aliphatic heterocycles. The maximum atomic E-state index is 13.5. The summed E-state index contributed by atoms with van der Waals surface area (Å²) in [6, 6.07) is 22.8. The highest BCUT2D eigenvalue weighted by atomic mass is 32.2. The zero-order valence-electron chi connectivity index (χ0n) is 27.4. The Morgan fingerprint density at radius 3 is 2.30 bits per heavy atom. The fraction of sp³-hybridized carbons (Fsp3) is 0.486. The molecule has 46 heavy (non-hydrogen) atoms. The van der Waals surface area contributed by atoms with Gasteiger partial charge in [-0.2, -0.15) is 0 Å². The second kappa shape index (κ2) is 16.0. The number of ether oxygens (including phenoxy) is 1. The fourth-order valence-electron chi connectivity index (χ4n) is 6.79. The van der Waals surface area contributed by atoms with Crippen LogP contribution in [0.1, 0.15) is 68.7 Å². The largest absolute Gasteiger partial charge is 0.492 e. The van der Waals surface area contributed by atoms with Crippen molar-refractivity contribution in [2.24, 2.45) is 5.73 Å². The van der Waals surface area contributed by atoms with Gasteiger partial charge in [0.2, 0.25) is 15.7 Å². The molecule has 1 amide bonds. The number of hydrogen-bond donors (Lipinski definition) is 2. The summed E-state index contributed by atoms with van der Waals surface area (Å²) < 4.78 is 32.8. The van der Waals surface area contributed by atoms with E-state index in [0.29, 0.717) is 12.3 Å². The van der Waals surface area contributed by atoms with Crippen LogP contribution in [0.4, 0.5) is 0 Å². The third-order valence-electron chi connectivity index (χ3n) is 9.38. The second-order valence-corrected chi connectivity index (χ2v) is 14.9. The molecular formula is C37H50N4O4S. The standard InChI is InChI=1S/C37H50N4O4S/c1-28(38)24-30-8-6-9-31(25-30)26-37(42)39-18-23-45-34-12-7-13-36(27-34)46(43,44)35-16-14-32(15-17-35)29(2)40-19-21-41(22-20-40)33-10-4-3-5-11-33/h6-9,12-17,25,27-29,33H,3-5,10-11,18-24,26,38H2,1-2H3,(H,39,42)/t28-,29-/m0/s1. The van der Waals surface area contributed by atoms with E-state index in [4.69, 9.17) is 10.5 Å². The molecule has 3 N–H and O–H groups in total. The van der Waals surface area contributed by atoms with Crippen LogP contribution >= 0.6 is 0 Å². The number of hydrogen-bond acceptors (Lipinski definition) is 7. The molecule has 0 spiro atoms. The van der Waals surface area contributed by atoms with E-state index < -0.39 is 9.84 Å². The molecule has 3 aromatic rings. The lowest BCUT2D eigenvalue weighted by Gasteiger charge is -2.42. The molecule has 2 fully saturated rings. The Kier molecular flexibility index (Phi) is 11.9. The van der Waals surface area contributed by atoms with Crippen LogP contribution in [-0.4, -0.2) is 75.5 Å². The lowest BCUT2D eigenvalue weighted by atomic mass is 9.93. The third kappa shape index (κ3) is 9.18. The zero-order valence-corrected chi connectivity index (χ0v) is 28.2. The van der Waals surface area contributed by atoms with Crippen LogP contribution in [0.3, 0.4) is 0 Å². The van der Waals surface area contributed by atoms with E-state index in [0.717, 1.165) is 55.3 Å². The first kappa shape index (κ1) is 34.1. The number of piperazine rings is 1. The molecule has 248 valence electrons. The molecule has 0 radical (unpaired) electrons. The van der Waals surface area contributed by atoms with Crippen molar-refractivity contribution in [1.29, 1.82) is 0 Å². The first-order chi connectivity index (χ1) is 22.2. The summed E-state index contributed by atoms with van der Waals surface area (Å²) >= 11 is 0. The van der Waals surface area contributed by atoms with Gasteiger partial charge in [-0.25, -0.2) is 8.42 Å². The Balaban J connectivity index is 1.10. The van der Waals surface area contributed by atoms with Gasteiger partial charge in [-0.05, 0) is 80.1 Å². The molecule has 0 unspecified atom stereocenters. The van der Waals surface area contributed by atoms with Crippen molar-refractivity contribution >= 4 is 15.7 Å². The Hall–Kier alpha value is -3.24. The summed E-state index contributed by atoms with van der Waals surface area (Å²) in [4.78, 5) is 18.1. The van der Waals surface area contributed by atoms with Gasteiger partial charge in [-0.3, -0.25) is 14.6 Å². The van der Waals surface area contributed by atoms with Gasteiger partial charge in [-0.1, -0.05) is 61.7 Å². The van der Waals surface area contributed by atoms with E-state index in [1.807, 2.05) is 43.3 Å². The van der Waals surface area contributed by atoms with Crippen LogP contribution in [0.25, 0.3) is 0 Å². The topological polar surface area (TPSA) is 105 Å². The zero-order chi connectivity index (χ0) is 32.5. The summed E-state index contributed by atoms with van der Waals surface area (Å²) in [7, 11) is -3.72. The molecule has 2 aliphatic rings. The highest BCUT2D eigenvalue weighted by molar-refractivity contribution is 7.91. The van der Waals surface area contributed by atoms with Gasteiger partial charge in [0.15, 0.2) is 0 Å². The molecule has 9 heteroatoms. The highest BCUT2D eigenvalue weighted by Gasteiger charge is 2.28. The van der Waals surface area contributed by atoms with Gasteiger partial charge in [0.1, 0.15) is 12.4 Å². The van der Waals surface area contributed by atoms with Gasteiger partial charge in [0.05, 0.1) is 22.8 Å². The number of nitrogens with zero attached hydrogens (tertiary/aromatic N) is 2. The van der Waals surface area contributed by atoms with E-state index >= 15 is 0 Å². The number of amides is 1. The van der Waals surface area contributed by atoms with Crippen molar-refractivity contribution in [3.8, 4) is 5.75 Å². The molecule has 8 nitrogen and oxygen atoms in total. The Bertz CT molecular complexity index is 1530. The first-order valence-corrected chi connectivity index (χ1v) is 18.3. The lowest BCUT2D eigenvalue weighted by molar-refractivity contribution is -0.120. The predicted molar refractivity (Wildman–Crippen MR) is 183 cm³/mol. The SMILES string of the molecule is C[C@H](N)Cc1cccc(CC(=O)NCCOc2cccc(S(=O)(=O)c3ccc([C@H](C)N4CCN(C5CCCCC5)CC4)cc3)c2)c1. The van der Waals surface area contributed by atoms with Crippen molar-refractivity contribution in [1.82, 2.24) is 15.1 Å². The Morgan fingerprint density at radius 1 is 0.891 bits per heavy atom. The van der Waals surface area contributed by atoms with Crippen molar-refractivity contribution in [3.05, 3.63) is 89.5 Å². The molecule has 1 saturated heterocycles. The van der Waals surface area contributed by atoms with Crippen molar-refractivity contribution in [2.45, 2.75) is 86.7 Å². The number of benzene rings is 3. The number of carbonyl (C=O) groups is 1. The van der Waals surface area contributed by atoms with E-state index in [9.17, 15) is 13.2 Å². The maximum Gasteiger partial charge on any atom is 0.224 e. The highest BCUT2D eigenvalue weighted by Crippen LogP contribution is 2.29. The van der Waals surface area contributed by atoms with Crippen LogP contribution in [-0.2, 0) is 27.5 Å². The molecule has 5 rings (SSSR count). The van der Waals surface area contributed by atoms with Crippen LogP contribution in [0.15, 0.2) is 82.6 Å². The van der Waals surface area contributed by atoms with Gasteiger partial charge in [0, 0.05) is 44.3 Å². The minimum absolute atomic E-state index is 0.0613. The predicted octanol–water partition coefficient (Wildman–Crippen LogP) is 5.16. The molecule has 1 aliphatic carbocycles. The summed E-state index contributed by atoms with van der Waals surface area (Å²) in [5.74, 6) is 0.342. The van der Waals surface area contributed by atoms with Crippen LogP contribution in [0, 0.1) is 0 Å². The Labute approximate surface area is 275 Å². The number of sulfone groups is 1. The lowest BCUT2D eigenvalue weighted by Crippen LogP contribution is -2.51. The van der Waals surface area contributed by atoms with Crippen molar-refractivity contribution in [3.63, 3.8) is 0 Å². The van der Waals surface area contributed by atoms with Gasteiger partial charge in [-0.15, -0.1) is 0 Å². The van der Waals surface area contributed by atoms with E-state index in [2.05, 4.69) is 22.0 Å². The number of nitrogens with one attached hydrogen (secondary N) is 1. The molecular weight excluding hydrogens is 596 g/mol. The third-order valence-corrected chi connectivity index (χ3v) is 11.2. The van der Waals surface area contributed by atoms with E-state index in [1.54, 1.807) is 36.4 Å². The monoisotopic (exact) mass is 646 g/mol. The Morgan fingerprint density at radius 2 is 1.59 bits per heavy atom. The van der Waals surface area contributed by atoms with Crippen molar-refractivity contribution in [2.75, 3.05) is 39.3 Å². The average molecular weight is 647 g/mol. The smallest absolute Gasteiger partial charge is 0.224 e. The van der Waals surface area contributed by atoms with Crippen LogP contribution in [0.5, 0.6) is 5.75 Å². The maximum absolute atomic E-state index is 13.5. The van der Waals surface area contributed by atoms with Crippen LogP contribution in [0.2, 0.25) is 0 Å². The summed E-state index contributed by atoms with van der Waals surface area (Å²) in [5, 5.41) is 2.87. The number of nitrogens with two attached hydrogens (primary N) is 1. The number of rotatable bonds is 13. The molecule has 2 atom stereocenters. The molecule has 1 saturated carbocycles. The van der Waals surface area contributed by atoms with Gasteiger partial charge in [0.25, 0.3) is 0 Å². The number of carbonyl (C=O) groups excluding carboxylic acids is 1. The molecule has 0 aromatic heterocycles.